The molecule has 1 fully saturated rings. The summed E-state index contributed by atoms with van der Waals surface area (Å²) in [4.78, 5) is 2.28. The van der Waals surface area contributed by atoms with Gasteiger partial charge in [0.2, 0.25) is 0 Å². The zero-order valence-corrected chi connectivity index (χ0v) is 12.2. The minimum absolute atomic E-state index is 0. The van der Waals surface area contributed by atoms with Crippen molar-refractivity contribution in [2.75, 3.05) is 20.1 Å². The van der Waals surface area contributed by atoms with Crippen molar-refractivity contribution in [3.8, 4) is 0 Å². The van der Waals surface area contributed by atoms with Gasteiger partial charge in [0.1, 0.15) is 0 Å². The smallest absolute Gasteiger partial charge is 0.151 e. The Hall–Kier alpha value is -0.420. The summed E-state index contributed by atoms with van der Waals surface area (Å²) in [7, 11) is 2.12. The molecule has 0 aliphatic carbocycles. The van der Waals surface area contributed by atoms with E-state index in [0.29, 0.717) is 11.2 Å². The molecule has 1 aliphatic rings. The molecule has 4 nitrogen and oxygen atoms in total. The predicted molar refractivity (Wildman–Crippen MR) is 76.3 cm³/mol. The van der Waals surface area contributed by atoms with Crippen LogP contribution in [-0.4, -0.2) is 41.3 Å². The normalized spacial score (nSPS) is 19.6. The van der Waals surface area contributed by atoms with E-state index in [4.69, 9.17) is 11.6 Å². The van der Waals surface area contributed by atoms with Gasteiger partial charge in [0.25, 0.3) is 0 Å². The molecule has 1 saturated heterocycles. The average Bonchev–Trinajstić information content (AvgIpc) is 2.33. The summed E-state index contributed by atoms with van der Waals surface area (Å²) >= 11 is 5.71. The van der Waals surface area contributed by atoms with Crippen LogP contribution >= 0.6 is 24.0 Å². The predicted octanol–water partition coefficient (Wildman–Crippen LogP) is 2.13. The number of aromatic nitrogens is 2. The third-order valence-corrected chi connectivity index (χ3v) is 3.27. The Kier molecular flexibility index (Phi) is 6.86. The number of halogens is 2. The van der Waals surface area contributed by atoms with Crippen LogP contribution in [0.2, 0.25) is 5.15 Å². The third-order valence-electron chi connectivity index (χ3n) is 3.06. The van der Waals surface area contributed by atoms with Crippen LogP contribution in [-0.2, 0) is 6.54 Å². The largest absolute Gasteiger partial charge is 0.313 e. The minimum atomic E-state index is 0. The van der Waals surface area contributed by atoms with Gasteiger partial charge < -0.3 is 5.32 Å². The quantitative estimate of drug-likeness (QED) is 0.922. The van der Waals surface area contributed by atoms with E-state index in [9.17, 15) is 0 Å². The number of likely N-dealkylation sites (N-methyl/N-ethyl adjacent to an activating group) is 1. The molecule has 0 bridgehead atoms. The van der Waals surface area contributed by atoms with Gasteiger partial charge in [-0.2, -0.15) is 5.10 Å². The van der Waals surface area contributed by atoms with Gasteiger partial charge in [-0.05, 0) is 38.6 Å². The Labute approximate surface area is 120 Å². The van der Waals surface area contributed by atoms with Gasteiger partial charge in [-0.1, -0.05) is 18.0 Å². The Morgan fingerprint density at radius 2 is 2.22 bits per heavy atom. The Bertz CT molecular complexity index is 338. The second-order valence-electron chi connectivity index (χ2n) is 4.69. The molecule has 1 aromatic rings. The number of rotatable bonds is 4. The highest BCUT2D eigenvalue weighted by Gasteiger charge is 2.14. The Balaban J connectivity index is 0.00000162. The summed E-state index contributed by atoms with van der Waals surface area (Å²) in [5.41, 5.74) is 0.965. The molecule has 2 rings (SSSR count). The van der Waals surface area contributed by atoms with Crippen LogP contribution in [0.25, 0.3) is 0 Å². The highest BCUT2D eigenvalue weighted by Crippen LogP contribution is 2.09. The van der Waals surface area contributed by atoms with Gasteiger partial charge in [0.05, 0.1) is 5.69 Å². The number of nitrogens with one attached hydrogen (secondary N) is 1. The lowest BCUT2D eigenvalue weighted by Gasteiger charge is -2.27. The monoisotopic (exact) mass is 290 g/mol. The highest BCUT2D eigenvalue weighted by atomic mass is 35.5. The number of nitrogens with zero attached hydrogens (tertiary/aromatic N) is 3. The number of hydrogen-bond donors (Lipinski definition) is 1. The fraction of sp³-hybridized carbons (Fsp3) is 0.667. The van der Waals surface area contributed by atoms with Gasteiger partial charge in [0.15, 0.2) is 5.15 Å². The van der Waals surface area contributed by atoms with Crippen LogP contribution < -0.4 is 5.32 Å². The standard InChI is InChI=1S/C12H19ClN4.ClH/c1-17(8-10-4-2-3-7-14-10)9-11-5-6-12(13)16-15-11;/h5-6,10,14H,2-4,7-9H2,1H3;1H. The van der Waals surface area contributed by atoms with E-state index in [2.05, 4.69) is 27.5 Å². The van der Waals surface area contributed by atoms with Crippen molar-refractivity contribution in [2.45, 2.75) is 31.8 Å². The first-order valence-electron chi connectivity index (χ1n) is 6.14. The summed E-state index contributed by atoms with van der Waals surface area (Å²) < 4.78 is 0. The number of piperidine rings is 1. The molecule has 102 valence electrons. The molecule has 1 N–H and O–H groups in total. The van der Waals surface area contributed by atoms with Crippen molar-refractivity contribution in [3.63, 3.8) is 0 Å². The first-order chi connectivity index (χ1) is 8.24. The summed E-state index contributed by atoms with van der Waals surface area (Å²) in [6, 6.07) is 4.34. The molecule has 18 heavy (non-hydrogen) atoms. The molecule has 1 aromatic heterocycles. The summed E-state index contributed by atoms with van der Waals surface area (Å²) in [5.74, 6) is 0. The zero-order valence-electron chi connectivity index (χ0n) is 10.6. The summed E-state index contributed by atoms with van der Waals surface area (Å²) in [6.45, 7) is 3.03. The molecular weight excluding hydrogens is 271 g/mol. The fourth-order valence-electron chi connectivity index (χ4n) is 2.23. The van der Waals surface area contributed by atoms with Crippen LogP contribution in [0, 0.1) is 0 Å². The van der Waals surface area contributed by atoms with Gasteiger partial charge >= 0.3 is 0 Å². The molecule has 0 amide bonds. The van der Waals surface area contributed by atoms with Crippen LogP contribution in [0.1, 0.15) is 25.0 Å². The molecule has 6 heteroatoms. The van der Waals surface area contributed by atoms with E-state index in [1.54, 1.807) is 6.07 Å². The van der Waals surface area contributed by atoms with Crippen LogP contribution in [0.3, 0.4) is 0 Å². The van der Waals surface area contributed by atoms with Gasteiger partial charge in [-0.15, -0.1) is 17.5 Å². The van der Waals surface area contributed by atoms with Gasteiger partial charge in [-0.25, -0.2) is 0 Å². The lowest BCUT2D eigenvalue weighted by Crippen LogP contribution is -2.42. The highest BCUT2D eigenvalue weighted by molar-refractivity contribution is 6.29. The van der Waals surface area contributed by atoms with E-state index < -0.39 is 0 Å². The molecule has 1 atom stereocenters. The van der Waals surface area contributed by atoms with Crippen molar-refractivity contribution in [2.24, 2.45) is 0 Å². The van der Waals surface area contributed by atoms with E-state index in [0.717, 1.165) is 25.3 Å². The minimum Gasteiger partial charge on any atom is -0.313 e. The Morgan fingerprint density at radius 1 is 1.39 bits per heavy atom. The van der Waals surface area contributed by atoms with E-state index in [1.807, 2.05) is 6.07 Å². The van der Waals surface area contributed by atoms with Crippen molar-refractivity contribution >= 4 is 24.0 Å². The molecule has 1 unspecified atom stereocenters. The second kappa shape index (κ2) is 7.89. The van der Waals surface area contributed by atoms with Gasteiger partial charge in [-0.3, -0.25) is 4.90 Å². The topological polar surface area (TPSA) is 41.1 Å². The second-order valence-corrected chi connectivity index (χ2v) is 5.08. The SMILES string of the molecule is CN(Cc1ccc(Cl)nn1)CC1CCCCN1.Cl. The van der Waals surface area contributed by atoms with Crippen LogP contribution in [0.4, 0.5) is 0 Å². The third kappa shape index (κ3) is 5.06. The lowest BCUT2D eigenvalue weighted by molar-refractivity contribution is 0.254. The summed E-state index contributed by atoms with van der Waals surface area (Å²) in [6.07, 6.45) is 3.92. The Morgan fingerprint density at radius 3 is 2.83 bits per heavy atom. The fourth-order valence-corrected chi connectivity index (χ4v) is 2.33. The maximum absolute atomic E-state index is 5.71. The molecule has 1 aliphatic heterocycles. The molecule has 0 spiro atoms. The molecule has 0 saturated carbocycles. The van der Waals surface area contributed by atoms with Crippen molar-refractivity contribution in [1.29, 1.82) is 0 Å². The van der Waals surface area contributed by atoms with Crippen molar-refractivity contribution in [1.82, 2.24) is 20.4 Å². The summed E-state index contributed by atoms with van der Waals surface area (Å²) in [5, 5.41) is 11.9. The van der Waals surface area contributed by atoms with E-state index in [1.165, 1.54) is 19.3 Å². The zero-order chi connectivity index (χ0) is 12.1. The maximum atomic E-state index is 5.71. The van der Waals surface area contributed by atoms with Crippen molar-refractivity contribution in [3.05, 3.63) is 23.0 Å². The van der Waals surface area contributed by atoms with Gasteiger partial charge in [0, 0.05) is 19.1 Å². The first-order valence-corrected chi connectivity index (χ1v) is 6.52. The van der Waals surface area contributed by atoms with E-state index in [-0.39, 0.29) is 12.4 Å². The number of hydrogen-bond acceptors (Lipinski definition) is 4. The van der Waals surface area contributed by atoms with Crippen molar-refractivity contribution < 1.29 is 0 Å². The van der Waals surface area contributed by atoms with E-state index >= 15 is 0 Å². The molecule has 2 heterocycles. The lowest BCUT2D eigenvalue weighted by atomic mass is 10.0. The van der Waals surface area contributed by atoms with Crippen LogP contribution in [0.15, 0.2) is 12.1 Å². The first kappa shape index (κ1) is 15.6. The maximum Gasteiger partial charge on any atom is 0.151 e. The average molecular weight is 291 g/mol. The molecule has 0 radical (unpaired) electrons. The molecular formula is C12H20Cl2N4. The van der Waals surface area contributed by atoms with Crippen LogP contribution in [0.5, 0.6) is 0 Å². The molecule has 0 aromatic carbocycles.